The number of fused-ring (bicyclic) bond motifs is 3. The summed E-state index contributed by atoms with van der Waals surface area (Å²) >= 11 is 0. The Hall–Kier alpha value is -3.79. The summed E-state index contributed by atoms with van der Waals surface area (Å²) < 4.78 is 42.6. The molecule has 1 spiro atoms. The number of carbonyl (C=O) groups excluding carboxylic acids is 1. The minimum atomic E-state index is -4.19. The number of rotatable bonds is 5. The lowest BCUT2D eigenvalue weighted by Crippen LogP contribution is -2.48. The fraction of sp³-hybridized carbons (Fsp3) is 0.286. The molecule has 1 N–H and O–H groups in total. The summed E-state index contributed by atoms with van der Waals surface area (Å²) in [5.41, 5.74) is 3.03. The molecule has 0 saturated heterocycles. The molecule has 7 heteroatoms. The van der Waals surface area contributed by atoms with Crippen molar-refractivity contribution in [2.24, 2.45) is 0 Å². The highest BCUT2D eigenvalue weighted by Crippen LogP contribution is 2.47. The maximum atomic E-state index is 13.1. The smallest absolute Gasteiger partial charge is 0.389 e. The fourth-order valence-electron chi connectivity index (χ4n) is 5.19. The number of hydrogen-bond donors (Lipinski definition) is 1. The largest absolute Gasteiger partial charge is 0.494 e. The molecule has 0 bridgehead atoms. The van der Waals surface area contributed by atoms with Crippen molar-refractivity contribution in [2.75, 3.05) is 6.61 Å². The zero-order valence-corrected chi connectivity index (χ0v) is 18.9. The molecule has 178 valence electrons. The zero-order valence-electron chi connectivity index (χ0n) is 18.9. The first-order valence-electron chi connectivity index (χ1n) is 11.6. The van der Waals surface area contributed by atoms with Gasteiger partial charge in [-0.05, 0) is 70.5 Å². The molecular weight excluding hydrogens is 453 g/mol. The highest BCUT2D eigenvalue weighted by atomic mass is 19.4. The van der Waals surface area contributed by atoms with Gasteiger partial charge in [0.25, 0.3) is 5.91 Å². The molecule has 0 saturated carbocycles. The quantitative estimate of drug-likeness (QED) is 0.446. The molecule has 1 amide bonds. The average molecular weight is 476 g/mol. The molecule has 1 atom stereocenters. The van der Waals surface area contributed by atoms with Gasteiger partial charge in [-0.1, -0.05) is 42.5 Å². The van der Waals surface area contributed by atoms with Crippen molar-refractivity contribution in [2.45, 2.75) is 43.8 Å². The van der Waals surface area contributed by atoms with E-state index in [2.05, 4.69) is 11.4 Å². The van der Waals surface area contributed by atoms with Crippen molar-refractivity contribution in [3.63, 3.8) is 0 Å². The number of carbonyl (C=O) groups is 1. The monoisotopic (exact) mass is 476 g/mol. The first kappa shape index (κ1) is 23.0. The third-order valence-corrected chi connectivity index (χ3v) is 6.86. The number of aryl methyl sites for hydroxylation is 1. The Morgan fingerprint density at radius 3 is 2.63 bits per heavy atom. The van der Waals surface area contributed by atoms with E-state index >= 15 is 0 Å². The van der Waals surface area contributed by atoms with Crippen LogP contribution in [0.2, 0.25) is 0 Å². The van der Waals surface area contributed by atoms with Crippen LogP contribution in [0.3, 0.4) is 0 Å². The van der Waals surface area contributed by atoms with Crippen LogP contribution in [-0.4, -0.2) is 18.7 Å². The molecule has 1 heterocycles. The van der Waals surface area contributed by atoms with Crippen LogP contribution in [0.1, 0.15) is 42.4 Å². The highest BCUT2D eigenvalue weighted by molar-refractivity contribution is 6.07. The lowest BCUT2D eigenvalue weighted by atomic mass is 9.78. The summed E-state index contributed by atoms with van der Waals surface area (Å²) in [4.78, 5) is 13.1. The van der Waals surface area contributed by atoms with Gasteiger partial charge in [0, 0.05) is 12.8 Å². The standard InChI is InChI=1S/C28H23F3N2O2/c29-28(30,31)11-3-13-35-22-8-9-25-21(15-22)10-12-27(25)16-23(24(17-32)26(34)33-27)20-7-6-18-4-1-2-5-19(18)14-20/h1-2,4-9,14-15H,3,10-13,16H2,(H,33,34). The van der Waals surface area contributed by atoms with Crippen LogP contribution in [0.5, 0.6) is 5.75 Å². The lowest BCUT2D eigenvalue weighted by molar-refractivity contribution is -0.136. The molecule has 2 aliphatic rings. The van der Waals surface area contributed by atoms with Crippen LogP contribution >= 0.6 is 0 Å². The third-order valence-electron chi connectivity index (χ3n) is 6.86. The predicted molar refractivity (Wildman–Crippen MR) is 126 cm³/mol. The Bertz CT molecular complexity index is 1390. The van der Waals surface area contributed by atoms with Gasteiger partial charge < -0.3 is 10.1 Å². The number of hydrogen-bond acceptors (Lipinski definition) is 3. The normalized spacial score (nSPS) is 19.5. The summed E-state index contributed by atoms with van der Waals surface area (Å²) in [6.07, 6.45) is -3.32. The number of benzene rings is 3. The Balaban J connectivity index is 1.42. The van der Waals surface area contributed by atoms with E-state index in [9.17, 15) is 23.2 Å². The Morgan fingerprint density at radius 1 is 1.06 bits per heavy atom. The van der Waals surface area contributed by atoms with E-state index in [0.717, 1.165) is 33.0 Å². The van der Waals surface area contributed by atoms with Crippen LogP contribution in [0.25, 0.3) is 16.3 Å². The van der Waals surface area contributed by atoms with Gasteiger partial charge in [0.05, 0.1) is 12.1 Å². The molecule has 3 aromatic rings. The van der Waals surface area contributed by atoms with E-state index in [1.807, 2.05) is 54.6 Å². The Labute approximate surface area is 201 Å². The molecule has 1 aliphatic carbocycles. The molecule has 1 unspecified atom stereocenters. The molecule has 0 aromatic heterocycles. The number of nitrogens with zero attached hydrogens (tertiary/aromatic N) is 1. The Kier molecular flexibility index (Phi) is 5.76. The number of amides is 1. The van der Waals surface area contributed by atoms with Crippen molar-refractivity contribution in [1.29, 1.82) is 5.26 Å². The molecule has 5 rings (SSSR count). The van der Waals surface area contributed by atoms with Crippen molar-refractivity contribution in [3.05, 3.63) is 82.9 Å². The summed E-state index contributed by atoms with van der Waals surface area (Å²) in [5.74, 6) is 0.135. The second kappa shape index (κ2) is 8.77. The van der Waals surface area contributed by atoms with Crippen molar-refractivity contribution in [1.82, 2.24) is 5.32 Å². The van der Waals surface area contributed by atoms with Gasteiger partial charge in [0.2, 0.25) is 0 Å². The van der Waals surface area contributed by atoms with E-state index in [0.29, 0.717) is 25.0 Å². The summed E-state index contributed by atoms with van der Waals surface area (Å²) in [6, 6.07) is 21.5. The zero-order chi connectivity index (χ0) is 24.6. The molecule has 4 nitrogen and oxygen atoms in total. The van der Waals surface area contributed by atoms with Gasteiger partial charge in [-0.15, -0.1) is 0 Å². The van der Waals surface area contributed by atoms with E-state index in [-0.39, 0.29) is 24.5 Å². The van der Waals surface area contributed by atoms with Gasteiger partial charge in [-0.3, -0.25) is 4.79 Å². The van der Waals surface area contributed by atoms with Crippen LogP contribution in [0.15, 0.2) is 66.2 Å². The summed E-state index contributed by atoms with van der Waals surface area (Å²) in [5, 5.41) is 15.0. The maximum absolute atomic E-state index is 13.1. The van der Waals surface area contributed by atoms with E-state index in [1.54, 1.807) is 6.07 Å². The first-order chi connectivity index (χ1) is 16.8. The molecule has 3 aromatic carbocycles. The number of nitriles is 1. The summed E-state index contributed by atoms with van der Waals surface area (Å²) in [7, 11) is 0. The minimum absolute atomic E-state index is 0.0133. The second-order valence-electron chi connectivity index (χ2n) is 9.13. The topological polar surface area (TPSA) is 62.1 Å². The molecule has 1 aliphatic heterocycles. The molecular formula is C28H23F3N2O2. The molecule has 35 heavy (non-hydrogen) atoms. The van der Waals surface area contributed by atoms with Gasteiger partial charge >= 0.3 is 6.18 Å². The van der Waals surface area contributed by atoms with Gasteiger partial charge in [-0.2, -0.15) is 18.4 Å². The van der Waals surface area contributed by atoms with Gasteiger partial charge in [0.1, 0.15) is 17.4 Å². The molecule has 0 fully saturated rings. The summed E-state index contributed by atoms with van der Waals surface area (Å²) in [6.45, 7) is -0.0133. The van der Waals surface area contributed by atoms with Crippen LogP contribution < -0.4 is 10.1 Å². The van der Waals surface area contributed by atoms with E-state index in [4.69, 9.17) is 4.74 Å². The lowest BCUT2D eigenvalue weighted by Gasteiger charge is -2.37. The number of alkyl halides is 3. The van der Waals surface area contributed by atoms with E-state index in [1.165, 1.54) is 0 Å². The number of halogens is 3. The minimum Gasteiger partial charge on any atom is -0.494 e. The second-order valence-corrected chi connectivity index (χ2v) is 9.13. The van der Waals surface area contributed by atoms with Crippen LogP contribution in [0, 0.1) is 11.3 Å². The van der Waals surface area contributed by atoms with Crippen molar-refractivity contribution < 1.29 is 22.7 Å². The average Bonchev–Trinajstić information content (AvgIpc) is 3.17. The van der Waals surface area contributed by atoms with Crippen LogP contribution in [-0.2, 0) is 16.8 Å². The predicted octanol–water partition coefficient (Wildman–Crippen LogP) is 6.20. The highest BCUT2D eigenvalue weighted by Gasteiger charge is 2.45. The first-order valence-corrected chi connectivity index (χ1v) is 11.6. The molecule has 0 radical (unpaired) electrons. The van der Waals surface area contributed by atoms with Crippen molar-refractivity contribution >= 4 is 22.3 Å². The number of ether oxygens (including phenoxy) is 1. The SMILES string of the molecule is N#CC1=C(c2ccc3ccccc3c2)CC2(CCc3cc(OCCCC(F)(F)F)ccc32)NC1=O. The third kappa shape index (κ3) is 4.49. The Morgan fingerprint density at radius 2 is 1.86 bits per heavy atom. The van der Waals surface area contributed by atoms with Gasteiger partial charge in [-0.25, -0.2) is 0 Å². The number of nitrogens with one attached hydrogen (secondary N) is 1. The van der Waals surface area contributed by atoms with E-state index < -0.39 is 18.1 Å². The maximum Gasteiger partial charge on any atom is 0.389 e. The van der Waals surface area contributed by atoms with Crippen LogP contribution in [0.4, 0.5) is 13.2 Å². The van der Waals surface area contributed by atoms with Gasteiger partial charge in [0.15, 0.2) is 0 Å². The fourth-order valence-corrected chi connectivity index (χ4v) is 5.19. The van der Waals surface area contributed by atoms with Crippen molar-refractivity contribution in [3.8, 4) is 11.8 Å².